The first kappa shape index (κ1) is 15.9. The van der Waals surface area contributed by atoms with E-state index < -0.39 is 12.0 Å². The number of benzene rings is 1. The molecule has 130 valence electrons. The highest BCUT2D eigenvalue weighted by Gasteiger charge is 2.47. The summed E-state index contributed by atoms with van der Waals surface area (Å²) in [6.45, 7) is 0. The molecule has 1 aliphatic heterocycles. The van der Waals surface area contributed by atoms with Crippen LogP contribution in [0.5, 0.6) is 0 Å². The minimum Gasteiger partial charge on any atom is -0.480 e. The first-order valence-corrected chi connectivity index (χ1v) is 8.74. The van der Waals surface area contributed by atoms with Crippen molar-refractivity contribution in [1.82, 2.24) is 9.88 Å². The lowest BCUT2D eigenvalue weighted by molar-refractivity contribution is -0.141. The molecular formula is C19H20N2O4. The molecule has 25 heavy (non-hydrogen) atoms. The van der Waals surface area contributed by atoms with Gasteiger partial charge < -0.3 is 15.0 Å². The molecular weight excluding hydrogens is 320 g/mol. The van der Waals surface area contributed by atoms with Crippen LogP contribution in [0, 0.1) is 5.92 Å². The Labute approximate surface area is 144 Å². The van der Waals surface area contributed by atoms with Gasteiger partial charge in [-0.1, -0.05) is 31.0 Å². The number of carboxylic acids is 1. The van der Waals surface area contributed by atoms with Crippen molar-refractivity contribution in [2.75, 3.05) is 0 Å². The molecule has 0 unspecified atom stereocenters. The Kier molecular flexibility index (Phi) is 3.82. The van der Waals surface area contributed by atoms with Gasteiger partial charge in [-0.15, -0.1) is 0 Å². The zero-order valence-electron chi connectivity index (χ0n) is 13.8. The third-order valence-electron chi connectivity index (χ3n) is 5.59. The molecule has 4 rings (SSSR count). The Bertz CT molecular complexity index is 904. The zero-order valence-corrected chi connectivity index (χ0v) is 13.8. The van der Waals surface area contributed by atoms with E-state index in [2.05, 4.69) is 4.98 Å². The second-order valence-electron chi connectivity index (χ2n) is 7.01. The van der Waals surface area contributed by atoms with Crippen molar-refractivity contribution in [3.05, 3.63) is 46.4 Å². The fourth-order valence-electron chi connectivity index (χ4n) is 4.44. The molecule has 2 heterocycles. The number of pyridine rings is 1. The maximum atomic E-state index is 13.1. The molecule has 1 aromatic carbocycles. The molecule has 2 aliphatic rings. The van der Waals surface area contributed by atoms with Crippen LogP contribution >= 0.6 is 0 Å². The number of carbonyl (C=O) groups excluding carboxylic acids is 1. The lowest BCUT2D eigenvalue weighted by atomic mass is 9.84. The number of rotatable bonds is 2. The smallest absolute Gasteiger partial charge is 0.326 e. The van der Waals surface area contributed by atoms with Gasteiger partial charge in [0.15, 0.2) is 0 Å². The number of carboxylic acid groups (broad SMARTS) is 1. The predicted molar refractivity (Wildman–Crippen MR) is 92.5 cm³/mol. The average molecular weight is 340 g/mol. The van der Waals surface area contributed by atoms with Crippen molar-refractivity contribution < 1.29 is 14.7 Å². The molecule has 6 heteroatoms. The van der Waals surface area contributed by atoms with E-state index in [0.717, 1.165) is 25.7 Å². The molecule has 3 atom stereocenters. The van der Waals surface area contributed by atoms with Gasteiger partial charge in [-0.3, -0.25) is 9.59 Å². The third kappa shape index (κ3) is 2.62. The second-order valence-corrected chi connectivity index (χ2v) is 7.01. The molecule has 1 amide bonds. The summed E-state index contributed by atoms with van der Waals surface area (Å²) in [5.41, 5.74) is -0.158. The lowest BCUT2D eigenvalue weighted by Gasteiger charge is -2.32. The lowest BCUT2D eigenvalue weighted by Crippen LogP contribution is -2.46. The van der Waals surface area contributed by atoms with Gasteiger partial charge in [0, 0.05) is 11.4 Å². The van der Waals surface area contributed by atoms with Crippen LogP contribution < -0.4 is 5.56 Å². The molecule has 1 aliphatic carbocycles. The van der Waals surface area contributed by atoms with E-state index in [1.54, 1.807) is 24.3 Å². The second kappa shape index (κ2) is 6.02. The number of fused-ring (bicyclic) bond motifs is 2. The van der Waals surface area contributed by atoms with Crippen molar-refractivity contribution in [3.63, 3.8) is 0 Å². The summed E-state index contributed by atoms with van der Waals surface area (Å²) in [6.07, 6.45) is 4.39. The quantitative estimate of drug-likeness (QED) is 0.878. The number of aliphatic carboxylic acids is 1. The van der Waals surface area contributed by atoms with Crippen LogP contribution in [0.4, 0.5) is 0 Å². The van der Waals surface area contributed by atoms with Crippen LogP contribution in [0.3, 0.4) is 0 Å². The SMILES string of the molecule is O=C(O)[C@@H]1C[C@@H]2CCCC[C@@H]2N1C(=O)c1cc2ccccc2c(=O)[nH]1. The van der Waals surface area contributed by atoms with Gasteiger partial charge in [0.1, 0.15) is 11.7 Å². The molecule has 1 saturated heterocycles. The highest BCUT2D eigenvalue weighted by Crippen LogP contribution is 2.40. The summed E-state index contributed by atoms with van der Waals surface area (Å²) in [4.78, 5) is 41.2. The summed E-state index contributed by atoms with van der Waals surface area (Å²) >= 11 is 0. The van der Waals surface area contributed by atoms with Crippen LogP contribution in [0.1, 0.15) is 42.6 Å². The highest BCUT2D eigenvalue weighted by atomic mass is 16.4. The maximum Gasteiger partial charge on any atom is 0.326 e. The van der Waals surface area contributed by atoms with Crippen LogP contribution in [0.25, 0.3) is 10.8 Å². The van der Waals surface area contributed by atoms with E-state index in [9.17, 15) is 19.5 Å². The van der Waals surface area contributed by atoms with E-state index in [1.165, 1.54) is 4.90 Å². The molecule has 1 aromatic heterocycles. The Morgan fingerprint density at radius 1 is 1.16 bits per heavy atom. The molecule has 6 nitrogen and oxygen atoms in total. The fourth-order valence-corrected chi connectivity index (χ4v) is 4.44. The van der Waals surface area contributed by atoms with Gasteiger partial charge in [-0.05, 0) is 42.7 Å². The number of likely N-dealkylation sites (tertiary alicyclic amines) is 1. The van der Waals surface area contributed by atoms with Crippen LogP contribution in [0.15, 0.2) is 35.1 Å². The van der Waals surface area contributed by atoms with Gasteiger partial charge in [0.2, 0.25) is 0 Å². The fraction of sp³-hybridized carbons (Fsp3) is 0.421. The third-order valence-corrected chi connectivity index (χ3v) is 5.59. The van der Waals surface area contributed by atoms with Gasteiger partial charge in [0.05, 0.1) is 0 Å². The number of aromatic amines is 1. The molecule has 2 fully saturated rings. The molecule has 1 saturated carbocycles. The van der Waals surface area contributed by atoms with Gasteiger partial charge in [-0.25, -0.2) is 4.79 Å². The molecule has 2 aromatic rings. The summed E-state index contributed by atoms with van der Waals surface area (Å²) in [5, 5.41) is 10.8. The topological polar surface area (TPSA) is 90.5 Å². The number of nitrogens with zero attached hydrogens (tertiary/aromatic N) is 1. The van der Waals surface area contributed by atoms with E-state index >= 15 is 0 Å². The normalized spacial score (nSPS) is 25.8. The van der Waals surface area contributed by atoms with Gasteiger partial charge >= 0.3 is 5.97 Å². The summed E-state index contributed by atoms with van der Waals surface area (Å²) in [5.74, 6) is -1.11. The minimum atomic E-state index is -0.967. The van der Waals surface area contributed by atoms with Crippen LogP contribution in [-0.2, 0) is 4.79 Å². The molecule has 0 bridgehead atoms. The van der Waals surface area contributed by atoms with Crippen molar-refractivity contribution in [2.45, 2.75) is 44.2 Å². The highest BCUT2D eigenvalue weighted by molar-refractivity contribution is 5.98. The predicted octanol–water partition coefficient (Wildman–Crippen LogP) is 2.39. The first-order valence-electron chi connectivity index (χ1n) is 8.74. The number of amides is 1. The van der Waals surface area contributed by atoms with Crippen LogP contribution in [0.2, 0.25) is 0 Å². The maximum absolute atomic E-state index is 13.1. The van der Waals surface area contributed by atoms with Crippen LogP contribution in [-0.4, -0.2) is 39.0 Å². The van der Waals surface area contributed by atoms with Crippen molar-refractivity contribution in [1.29, 1.82) is 0 Å². The van der Waals surface area contributed by atoms with E-state index in [1.807, 2.05) is 6.07 Å². The summed E-state index contributed by atoms with van der Waals surface area (Å²) < 4.78 is 0. The Morgan fingerprint density at radius 2 is 1.92 bits per heavy atom. The Morgan fingerprint density at radius 3 is 2.72 bits per heavy atom. The Balaban J connectivity index is 1.76. The summed E-state index contributed by atoms with van der Waals surface area (Å²) in [7, 11) is 0. The van der Waals surface area contributed by atoms with E-state index in [0.29, 0.717) is 17.2 Å². The number of carbonyl (C=O) groups is 2. The standard InChI is InChI=1S/C19H20N2O4/c22-17-13-7-3-1-5-11(13)9-14(20-17)18(23)21-15-8-4-2-6-12(15)10-16(21)19(24)25/h1,3,5,7,9,12,15-16H,2,4,6,8,10H2,(H,20,22)(H,24,25)/t12-,15-,16-/m0/s1. The first-order chi connectivity index (χ1) is 12.1. The van der Waals surface area contributed by atoms with E-state index in [4.69, 9.17) is 0 Å². The number of aromatic nitrogens is 1. The van der Waals surface area contributed by atoms with Crippen molar-refractivity contribution in [2.24, 2.45) is 5.92 Å². The van der Waals surface area contributed by atoms with Gasteiger partial charge in [-0.2, -0.15) is 0 Å². The van der Waals surface area contributed by atoms with Crippen molar-refractivity contribution >= 4 is 22.6 Å². The number of hydrogen-bond acceptors (Lipinski definition) is 3. The minimum absolute atomic E-state index is 0.0441. The van der Waals surface area contributed by atoms with Gasteiger partial charge in [0.25, 0.3) is 11.5 Å². The molecule has 0 radical (unpaired) electrons. The zero-order chi connectivity index (χ0) is 17.6. The number of H-pyrrole nitrogens is 1. The number of hydrogen-bond donors (Lipinski definition) is 2. The largest absolute Gasteiger partial charge is 0.480 e. The Hall–Kier alpha value is -2.63. The number of nitrogens with one attached hydrogen (secondary N) is 1. The van der Waals surface area contributed by atoms with Crippen molar-refractivity contribution in [3.8, 4) is 0 Å². The average Bonchev–Trinajstić information content (AvgIpc) is 3.01. The molecule has 0 spiro atoms. The molecule has 2 N–H and O–H groups in total. The monoisotopic (exact) mass is 340 g/mol. The van der Waals surface area contributed by atoms with E-state index in [-0.39, 0.29) is 29.1 Å². The summed E-state index contributed by atoms with van der Waals surface area (Å²) in [6, 6.07) is 7.86.